The molecule has 0 saturated carbocycles. The minimum atomic E-state index is -0.491. The van der Waals surface area contributed by atoms with Gasteiger partial charge in [0.25, 0.3) is 0 Å². The molecule has 0 fully saturated rings. The third-order valence-electron chi connectivity index (χ3n) is 4.94. The normalized spacial score (nSPS) is 11.9. The Morgan fingerprint density at radius 1 is 1.00 bits per heavy atom. The molecule has 6 heteroatoms. The number of amides is 2. The molecule has 1 heterocycles. The Morgan fingerprint density at radius 2 is 1.79 bits per heavy atom. The third-order valence-corrected chi connectivity index (χ3v) is 4.94. The molecule has 0 radical (unpaired) electrons. The molecule has 1 atom stereocenters. The highest BCUT2D eigenvalue weighted by atomic mass is 16.2. The van der Waals surface area contributed by atoms with Gasteiger partial charge in [0.1, 0.15) is 0 Å². The second-order valence-electron chi connectivity index (χ2n) is 6.90. The number of benzene rings is 3. The van der Waals surface area contributed by atoms with Crippen LogP contribution in [0.5, 0.6) is 0 Å². The minimum Gasteiger partial charge on any atom is -0.366 e. The molecule has 0 bridgehead atoms. The Kier molecular flexibility index (Phi) is 4.83. The maximum absolute atomic E-state index is 12.7. The van der Waals surface area contributed by atoms with Crippen molar-refractivity contribution in [1.29, 1.82) is 0 Å². The molecule has 1 aromatic heterocycles. The van der Waals surface area contributed by atoms with Crippen molar-refractivity contribution >= 4 is 28.4 Å². The maximum atomic E-state index is 12.7. The van der Waals surface area contributed by atoms with Gasteiger partial charge in [-0.05, 0) is 42.8 Å². The van der Waals surface area contributed by atoms with Crippen LogP contribution in [0.3, 0.4) is 0 Å². The summed E-state index contributed by atoms with van der Waals surface area (Å²) >= 11 is 0. The fourth-order valence-electron chi connectivity index (χ4n) is 3.28. The van der Waals surface area contributed by atoms with Crippen LogP contribution < -0.4 is 11.1 Å². The number of H-pyrrole nitrogens is 1. The van der Waals surface area contributed by atoms with E-state index >= 15 is 0 Å². The molecule has 6 nitrogen and oxygen atoms in total. The third kappa shape index (κ3) is 3.73. The number of carbonyl (C=O) groups is 2. The van der Waals surface area contributed by atoms with Gasteiger partial charge in [0.2, 0.25) is 11.8 Å². The van der Waals surface area contributed by atoms with Crippen LogP contribution in [0.2, 0.25) is 0 Å². The lowest BCUT2D eigenvalue weighted by Crippen LogP contribution is -2.18. The van der Waals surface area contributed by atoms with E-state index < -0.39 is 5.91 Å². The van der Waals surface area contributed by atoms with Gasteiger partial charge in [-0.2, -0.15) is 5.10 Å². The molecule has 1 unspecified atom stereocenters. The van der Waals surface area contributed by atoms with Crippen molar-refractivity contribution in [3.63, 3.8) is 0 Å². The highest BCUT2D eigenvalue weighted by Gasteiger charge is 2.16. The minimum absolute atomic E-state index is 0.0868. The number of hydrogen-bond acceptors (Lipinski definition) is 3. The second kappa shape index (κ2) is 7.59. The van der Waals surface area contributed by atoms with Crippen molar-refractivity contribution in [3.8, 4) is 11.3 Å². The predicted octanol–water partition coefficient (Wildman–Crippen LogP) is 4.07. The average Bonchev–Trinajstić information content (AvgIpc) is 3.17. The van der Waals surface area contributed by atoms with E-state index in [1.165, 1.54) is 0 Å². The zero-order chi connectivity index (χ0) is 20.4. The summed E-state index contributed by atoms with van der Waals surface area (Å²) in [6, 6.07) is 22.3. The Labute approximate surface area is 167 Å². The summed E-state index contributed by atoms with van der Waals surface area (Å²) < 4.78 is 0. The number of nitrogens with zero attached hydrogens (tertiary/aromatic N) is 1. The number of hydrogen-bond donors (Lipinski definition) is 3. The van der Waals surface area contributed by atoms with E-state index in [9.17, 15) is 9.59 Å². The number of fused-ring (bicyclic) bond motifs is 1. The highest BCUT2D eigenvalue weighted by Crippen LogP contribution is 2.29. The predicted molar refractivity (Wildman–Crippen MR) is 114 cm³/mol. The van der Waals surface area contributed by atoms with Gasteiger partial charge in [-0.1, -0.05) is 42.5 Å². The lowest BCUT2D eigenvalue weighted by Gasteiger charge is -2.13. The van der Waals surface area contributed by atoms with Crippen LogP contribution >= 0.6 is 0 Å². The summed E-state index contributed by atoms with van der Waals surface area (Å²) in [7, 11) is 0. The standard InChI is InChI=1S/C23H20N4O2/c1-14(15-6-3-2-4-7-15)23(29)25-18-9-5-8-16(12-18)21-19-13-17(22(24)28)10-11-20(19)26-27-21/h2-14H,1H3,(H2,24,28)(H,25,29)(H,26,27). The number of primary amides is 1. The van der Waals surface area contributed by atoms with Gasteiger partial charge in [0.15, 0.2) is 0 Å². The summed E-state index contributed by atoms with van der Waals surface area (Å²) in [5, 5.41) is 11.1. The second-order valence-corrected chi connectivity index (χ2v) is 6.90. The van der Waals surface area contributed by atoms with Crippen molar-refractivity contribution in [2.45, 2.75) is 12.8 Å². The van der Waals surface area contributed by atoms with Gasteiger partial charge in [-0.15, -0.1) is 0 Å². The molecule has 4 rings (SSSR count). The van der Waals surface area contributed by atoms with Crippen LogP contribution in [-0.2, 0) is 4.79 Å². The quantitative estimate of drug-likeness (QED) is 0.483. The maximum Gasteiger partial charge on any atom is 0.248 e. The van der Waals surface area contributed by atoms with E-state index in [1.54, 1.807) is 18.2 Å². The van der Waals surface area contributed by atoms with E-state index in [1.807, 2.05) is 61.5 Å². The number of nitrogens with one attached hydrogen (secondary N) is 2. The van der Waals surface area contributed by atoms with E-state index in [0.717, 1.165) is 22.0 Å². The van der Waals surface area contributed by atoms with E-state index in [-0.39, 0.29) is 11.8 Å². The van der Waals surface area contributed by atoms with Crippen LogP contribution in [0, 0.1) is 0 Å². The van der Waals surface area contributed by atoms with Gasteiger partial charge in [-0.3, -0.25) is 14.7 Å². The summed E-state index contributed by atoms with van der Waals surface area (Å²) in [5.41, 5.74) is 9.77. The smallest absolute Gasteiger partial charge is 0.248 e. The Morgan fingerprint density at radius 3 is 2.55 bits per heavy atom. The van der Waals surface area contributed by atoms with Gasteiger partial charge in [0.05, 0.1) is 17.1 Å². The molecular formula is C23H20N4O2. The van der Waals surface area contributed by atoms with Crippen molar-refractivity contribution < 1.29 is 9.59 Å². The van der Waals surface area contributed by atoms with Crippen LogP contribution in [0.4, 0.5) is 5.69 Å². The van der Waals surface area contributed by atoms with Gasteiger partial charge in [0, 0.05) is 22.2 Å². The van der Waals surface area contributed by atoms with Crippen LogP contribution in [0.25, 0.3) is 22.2 Å². The molecule has 0 spiro atoms. The molecule has 0 aliphatic heterocycles. The van der Waals surface area contributed by atoms with Gasteiger partial charge >= 0.3 is 0 Å². The van der Waals surface area contributed by atoms with E-state index in [4.69, 9.17) is 5.73 Å². The topological polar surface area (TPSA) is 101 Å². The summed E-state index contributed by atoms with van der Waals surface area (Å²) in [5.74, 6) is -0.851. The molecule has 144 valence electrons. The average molecular weight is 384 g/mol. The fourth-order valence-corrected chi connectivity index (χ4v) is 3.28. The molecule has 0 saturated heterocycles. The van der Waals surface area contributed by atoms with E-state index in [0.29, 0.717) is 16.9 Å². The van der Waals surface area contributed by atoms with Crippen molar-refractivity contribution in [2.75, 3.05) is 5.32 Å². The molecular weight excluding hydrogens is 364 g/mol. The largest absolute Gasteiger partial charge is 0.366 e. The molecule has 2 amide bonds. The zero-order valence-electron chi connectivity index (χ0n) is 15.8. The fraction of sp³-hybridized carbons (Fsp3) is 0.0870. The Balaban J connectivity index is 1.62. The molecule has 3 aromatic carbocycles. The number of carbonyl (C=O) groups excluding carboxylic acids is 2. The molecule has 4 aromatic rings. The van der Waals surface area contributed by atoms with E-state index in [2.05, 4.69) is 15.5 Å². The number of anilines is 1. The van der Waals surface area contributed by atoms with Gasteiger partial charge in [-0.25, -0.2) is 0 Å². The number of aromatic nitrogens is 2. The van der Waals surface area contributed by atoms with Crippen molar-refractivity contribution in [2.24, 2.45) is 5.73 Å². The number of aromatic amines is 1. The lowest BCUT2D eigenvalue weighted by atomic mass is 10.00. The monoisotopic (exact) mass is 384 g/mol. The van der Waals surface area contributed by atoms with Crippen LogP contribution in [0.1, 0.15) is 28.8 Å². The first-order valence-corrected chi connectivity index (χ1v) is 9.27. The Bertz CT molecular complexity index is 1200. The molecule has 0 aliphatic rings. The summed E-state index contributed by atoms with van der Waals surface area (Å²) in [6.45, 7) is 1.88. The molecule has 4 N–H and O–H groups in total. The van der Waals surface area contributed by atoms with Crippen LogP contribution in [-0.4, -0.2) is 22.0 Å². The van der Waals surface area contributed by atoms with Gasteiger partial charge < -0.3 is 11.1 Å². The lowest BCUT2D eigenvalue weighted by molar-refractivity contribution is -0.117. The Hall–Kier alpha value is -3.93. The first kappa shape index (κ1) is 18.4. The van der Waals surface area contributed by atoms with Crippen molar-refractivity contribution in [3.05, 3.63) is 83.9 Å². The van der Waals surface area contributed by atoms with Crippen LogP contribution in [0.15, 0.2) is 72.8 Å². The first-order chi connectivity index (χ1) is 14.0. The van der Waals surface area contributed by atoms with Crippen molar-refractivity contribution in [1.82, 2.24) is 10.2 Å². The highest BCUT2D eigenvalue weighted by molar-refractivity contribution is 6.01. The summed E-state index contributed by atoms with van der Waals surface area (Å²) in [4.78, 5) is 24.2. The number of rotatable bonds is 5. The molecule has 0 aliphatic carbocycles. The number of nitrogens with two attached hydrogens (primary N) is 1. The zero-order valence-corrected chi connectivity index (χ0v) is 15.8. The first-order valence-electron chi connectivity index (χ1n) is 9.27. The summed E-state index contributed by atoms with van der Waals surface area (Å²) in [6.07, 6.45) is 0. The molecule has 29 heavy (non-hydrogen) atoms. The SMILES string of the molecule is CC(C(=O)Nc1cccc(-c2n[nH]c3ccc(C(N)=O)cc23)c1)c1ccccc1.